The molecule has 2 saturated carbocycles. The highest BCUT2D eigenvalue weighted by atomic mass is 16.1. The summed E-state index contributed by atoms with van der Waals surface area (Å²) in [5.74, 6) is 1.23. The van der Waals surface area contributed by atoms with Crippen molar-refractivity contribution in [2.24, 2.45) is 11.8 Å². The van der Waals surface area contributed by atoms with Crippen molar-refractivity contribution >= 4 is 5.91 Å². The van der Waals surface area contributed by atoms with Gasteiger partial charge in [-0.3, -0.25) is 4.79 Å². The van der Waals surface area contributed by atoms with Gasteiger partial charge in [0.1, 0.15) is 5.54 Å². The summed E-state index contributed by atoms with van der Waals surface area (Å²) in [4.78, 5) is 12.2. The predicted octanol–water partition coefficient (Wildman–Crippen LogP) is 3.71. The first kappa shape index (κ1) is 15.1. The van der Waals surface area contributed by atoms with Crippen molar-refractivity contribution in [2.45, 2.75) is 70.8 Å². The second kappa shape index (κ2) is 6.43. The lowest BCUT2D eigenvalue weighted by Crippen LogP contribution is -2.49. The first-order valence-corrected chi connectivity index (χ1v) is 7.96. The number of allylic oxidation sites excluding steroid dienone is 1. The predicted molar refractivity (Wildman–Crippen MR) is 79.8 cm³/mol. The van der Waals surface area contributed by atoms with E-state index in [9.17, 15) is 10.1 Å². The van der Waals surface area contributed by atoms with Crippen LogP contribution in [-0.2, 0) is 4.79 Å². The Morgan fingerprint density at radius 1 is 1.30 bits per heavy atom. The summed E-state index contributed by atoms with van der Waals surface area (Å²) >= 11 is 0. The molecule has 0 spiro atoms. The number of hydrogen-bond acceptors (Lipinski definition) is 2. The standard InChI is InChI=1S/C17H26N2O/c1-13-5-7-15(8-6-13)10-16(20)19-17(12-18)9-3-4-14(2)11-17/h10,13-14H,3-9,11H2,1-2H3,(H,19,20)/t13?,14-,17-/m1/s1. The molecule has 0 aromatic carbocycles. The lowest BCUT2D eigenvalue weighted by atomic mass is 9.77. The van der Waals surface area contributed by atoms with Gasteiger partial charge < -0.3 is 5.32 Å². The molecule has 3 heteroatoms. The molecule has 2 fully saturated rings. The molecular weight excluding hydrogens is 248 g/mol. The van der Waals surface area contributed by atoms with Crippen LogP contribution < -0.4 is 5.32 Å². The molecule has 0 aromatic rings. The van der Waals surface area contributed by atoms with Crippen LogP contribution in [0.3, 0.4) is 0 Å². The zero-order valence-corrected chi connectivity index (χ0v) is 12.7. The lowest BCUT2D eigenvalue weighted by molar-refractivity contribution is -0.118. The fourth-order valence-corrected chi connectivity index (χ4v) is 3.53. The molecule has 2 aliphatic carbocycles. The van der Waals surface area contributed by atoms with E-state index in [4.69, 9.17) is 0 Å². The Hall–Kier alpha value is -1.30. The van der Waals surface area contributed by atoms with Crippen molar-refractivity contribution in [3.8, 4) is 6.07 Å². The lowest BCUT2D eigenvalue weighted by Gasteiger charge is -2.34. The summed E-state index contributed by atoms with van der Waals surface area (Å²) in [5, 5.41) is 12.5. The van der Waals surface area contributed by atoms with Crippen molar-refractivity contribution in [2.75, 3.05) is 0 Å². The summed E-state index contributed by atoms with van der Waals surface area (Å²) in [5.41, 5.74) is 0.617. The molecular formula is C17H26N2O. The maximum absolute atomic E-state index is 12.2. The smallest absolute Gasteiger partial charge is 0.245 e. The van der Waals surface area contributed by atoms with E-state index >= 15 is 0 Å². The third-order valence-electron chi connectivity index (χ3n) is 4.83. The van der Waals surface area contributed by atoms with Crippen LogP contribution in [0.25, 0.3) is 0 Å². The van der Waals surface area contributed by atoms with Crippen molar-refractivity contribution in [1.29, 1.82) is 5.26 Å². The molecule has 2 aliphatic rings. The van der Waals surface area contributed by atoms with E-state index in [2.05, 4.69) is 25.2 Å². The molecule has 0 aromatic heterocycles. The molecule has 0 bridgehead atoms. The SMILES string of the molecule is CC1CCC(=CC(=O)N[C@]2(C#N)CCC[C@@H](C)C2)CC1. The number of amides is 1. The fourth-order valence-electron chi connectivity index (χ4n) is 3.53. The van der Waals surface area contributed by atoms with Crippen molar-refractivity contribution in [3.63, 3.8) is 0 Å². The van der Waals surface area contributed by atoms with E-state index in [1.165, 1.54) is 18.4 Å². The van der Waals surface area contributed by atoms with Gasteiger partial charge in [0.15, 0.2) is 0 Å². The largest absolute Gasteiger partial charge is 0.334 e. The van der Waals surface area contributed by atoms with Crippen LogP contribution in [0.4, 0.5) is 0 Å². The minimum Gasteiger partial charge on any atom is -0.334 e. The third kappa shape index (κ3) is 3.85. The minimum atomic E-state index is -0.631. The molecule has 1 amide bonds. The van der Waals surface area contributed by atoms with E-state index < -0.39 is 5.54 Å². The van der Waals surface area contributed by atoms with Gasteiger partial charge in [0.05, 0.1) is 6.07 Å². The summed E-state index contributed by atoms with van der Waals surface area (Å²) in [7, 11) is 0. The number of nitriles is 1. The van der Waals surface area contributed by atoms with Crippen molar-refractivity contribution < 1.29 is 4.79 Å². The molecule has 110 valence electrons. The maximum atomic E-state index is 12.2. The van der Waals surface area contributed by atoms with E-state index in [0.29, 0.717) is 5.92 Å². The van der Waals surface area contributed by atoms with Gasteiger partial charge in [-0.25, -0.2) is 0 Å². The van der Waals surface area contributed by atoms with E-state index in [-0.39, 0.29) is 5.91 Å². The van der Waals surface area contributed by atoms with Gasteiger partial charge in [0.2, 0.25) is 5.91 Å². The summed E-state index contributed by atoms with van der Waals surface area (Å²) in [6, 6.07) is 2.36. The van der Waals surface area contributed by atoms with Gasteiger partial charge in [-0.2, -0.15) is 5.26 Å². The maximum Gasteiger partial charge on any atom is 0.245 e. The first-order chi connectivity index (χ1) is 9.53. The fraction of sp³-hybridized carbons (Fsp3) is 0.765. The van der Waals surface area contributed by atoms with Gasteiger partial charge in [-0.1, -0.05) is 25.8 Å². The van der Waals surface area contributed by atoms with Crippen LogP contribution in [0, 0.1) is 23.2 Å². The molecule has 20 heavy (non-hydrogen) atoms. The van der Waals surface area contributed by atoms with Gasteiger partial charge in [0, 0.05) is 6.08 Å². The Morgan fingerprint density at radius 2 is 2.00 bits per heavy atom. The Labute approximate surface area is 122 Å². The number of carbonyl (C=O) groups excluding carboxylic acids is 1. The number of nitrogens with one attached hydrogen (secondary N) is 1. The highest BCUT2D eigenvalue weighted by molar-refractivity contribution is 5.89. The minimum absolute atomic E-state index is 0.0646. The van der Waals surface area contributed by atoms with E-state index in [1.54, 1.807) is 6.08 Å². The van der Waals surface area contributed by atoms with E-state index in [0.717, 1.165) is 44.4 Å². The second-order valence-corrected chi connectivity index (χ2v) is 6.87. The second-order valence-electron chi connectivity index (χ2n) is 6.87. The highest BCUT2D eigenvalue weighted by Crippen LogP contribution is 2.32. The average Bonchev–Trinajstić information content (AvgIpc) is 2.41. The third-order valence-corrected chi connectivity index (χ3v) is 4.83. The van der Waals surface area contributed by atoms with Crippen molar-refractivity contribution in [1.82, 2.24) is 5.32 Å². The Bertz CT molecular complexity index is 425. The molecule has 0 saturated heterocycles. The molecule has 0 radical (unpaired) electrons. The Morgan fingerprint density at radius 3 is 2.60 bits per heavy atom. The van der Waals surface area contributed by atoms with Crippen LogP contribution in [0.15, 0.2) is 11.6 Å². The number of nitrogens with zero attached hydrogens (tertiary/aromatic N) is 1. The topological polar surface area (TPSA) is 52.9 Å². The van der Waals surface area contributed by atoms with Crippen LogP contribution in [-0.4, -0.2) is 11.4 Å². The molecule has 0 unspecified atom stereocenters. The summed E-state index contributed by atoms with van der Waals surface area (Å²) in [6.07, 6.45) is 9.95. The molecule has 1 N–H and O–H groups in total. The first-order valence-electron chi connectivity index (χ1n) is 7.96. The van der Waals surface area contributed by atoms with Crippen LogP contribution in [0.5, 0.6) is 0 Å². The summed E-state index contributed by atoms with van der Waals surface area (Å²) in [6.45, 7) is 4.43. The highest BCUT2D eigenvalue weighted by Gasteiger charge is 2.36. The van der Waals surface area contributed by atoms with Gasteiger partial charge in [-0.15, -0.1) is 0 Å². The Balaban J connectivity index is 1.96. The molecule has 2 rings (SSSR count). The van der Waals surface area contributed by atoms with E-state index in [1.807, 2.05) is 0 Å². The zero-order valence-electron chi connectivity index (χ0n) is 12.7. The average molecular weight is 274 g/mol. The summed E-state index contributed by atoms with van der Waals surface area (Å²) < 4.78 is 0. The van der Waals surface area contributed by atoms with Crippen LogP contribution in [0.2, 0.25) is 0 Å². The van der Waals surface area contributed by atoms with Crippen molar-refractivity contribution in [3.05, 3.63) is 11.6 Å². The van der Waals surface area contributed by atoms with Crippen LogP contribution in [0.1, 0.15) is 65.2 Å². The Kier molecular flexibility index (Phi) is 4.86. The number of hydrogen-bond donors (Lipinski definition) is 1. The number of carbonyl (C=O) groups is 1. The zero-order chi connectivity index (χ0) is 14.6. The van der Waals surface area contributed by atoms with Gasteiger partial charge in [-0.05, 0) is 56.8 Å². The number of rotatable bonds is 2. The normalized spacial score (nSPS) is 34.1. The molecule has 0 heterocycles. The van der Waals surface area contributed by atoms with Crippen LogP contribution >= 0.6 is 0 Å². The molecule has 0 aliphatic heterocycles. The van der Waals surface area contributed by atoms with Gasteiger partial charge >= 0.3 is 0 Å². The molecule has 2 atom stereocenters. The monoisotopic (exact) mass is 274 g/mol. The molecule has 3 nitrogen and oxygen atoms in total. The quantitative estimate of drug-likeness (QED) is 0.780. The van der Waals surface area contributed by atoms with Gasteiger partial charge in [0.25, 0.3) is 0 Å².